The van der Waals surface area contributed by atoms with E-state index in [4.69, 9.17) is 4.74 Å². The number of hydrogen-bond donors (Lipinski definition) is 1. The number of hydrogen-bond acceptors (Lipinski definition) is 4. The van der Waals surface area contributed by atoms with E-state index in [9.17, 15) is 0 Å². The molecule has 0 bridgehead atoms. The summed E-state index contributed by atoms with van der Waals surface area (Å²) in [5, 5.41) is 3.33. The van der Waals surface area contributed by atoms with Gasteiger partial charge in [0.05, 0.1) is 12.2 Å². The molecule has 0 saturated heterocycles. The largest absolute Gasteiger partial charge is 0.477 e. The molecule has 1 N–H and O–H groups in total. The molecular weight excluding hydrogens is 238 g/mol. The molecule has 0 fully saturated rings. The third-order valence-electron chi connectivity index (χ3n) is 3.04. The third-order valence-corrected chi connectivity index (χ3v) is 3.04. The summed E-state index contributed by atoms with van der Waals surface area (Å²) in [6.45, 7) is 12.1. The van der Waals surface area contributed by atoms with Gasteiger partial charge in [-0.15, -0.1) is 0 Å². The van der Waals surface area contributed by atoms with Crippen molar-refractivity contribution >= 4 is 5.82 Å². The van der Waals surface area contributed by atoms with E-state index in [0.717, 1.165) is 36.8 Å². The lowest BCUT2D eigenvalue weighted by Gasteiger charge is -2.15. The smallest absolute Gasteiger partial charge is 0.221 e. The lowest BCUT2D eigenvalue weighted by Crippen LogP contribution is -2.12. The first-order valence-electron chi connectivity index (χ1n) is 7.30. The van der Waals surface area contributed by atoms with Crippen LogP contribution >= 0.6 is 0 Å². The first kappa shape index (κ1) is 15.7. The van der Waals surface area contributed by atoms with Gasteiger partial charge < -0.3 is 10.1 Å². The lowest BCUT2D eigenvalue weighted by atomic mass is 10.1. The van der Waals surface area contributed by atoms with E-state index in [0.29, 0.717) is 11.8 Å². The normalized spacial score (nSPS) is 12.3. The molecule has 0 aliphatic rings. The molecule has 4 heteroatoms. The number of rotatable bonds is 8. The Bertz CT molecular complexity index is 393. The average molecular weight is 265 g/mol. The van der Waals surface area contributed by atoms with Crippen molar-refractivity contribution in [3.63, 3.8) is 0 Å². The van der Waals surface area contributed by atoms with E-state index in [-0.39, 0.29) is 0 Å². The van der Waals surface area contributed by atoms with Crippen LogP contribution in [0.5, 0.6) is 5.88 Å². The molecule has 0 amide bonds. The molecule has 108 valence electrons. The molecule has 0 aromatic carbocycles. The number of ether oxygens (including phenoxy) is 1. The molecule has 0 radical (unpaired) electrons. The minimum Gasteiger partial charge on any atom is -0.477 e. The summed E-state index contributed by atoms with van der Waals surface area (Å²) >= 11 is 0. The summed E-state index contributed by atoms with van der Waals surface area (Å²) in [4.78, 5) is 8.83. The van der Waals surface area contributed by atoms with Crippen molar-refractivity contribution in [2.75, 3.05) is 18.5 Å². The number of nitrogens with one attached hydrogen (secondary N) is 1. The standard InChI is InChI=1S/C15H27N3O/c1-6-8-11(3)10-19-15-12(4)14(16-9-7-2)17-13(5)18-15/h11H,6-10H2,1-5H3,(H,16,17,18). The molecule has 0 saturated carbocycles. The van der Waals surface area contributed by atoms with Crippen LogP contribution in [-0.4, -0.2) is 23.1 Å². The maximum absolute atomic E-state index is 5.86. The van der Waals surface area contributed by atoms with Crippen LogP contribution in [0, 0.1) is 19.8 Å². The summed E-state index contributed by atoms with van der Waals surface area (Å²) < 4.78 is 5.86. The summed E-state index contributed by atoms with van der Waals surface area (Å²) in [5.41, 5.74) is 1.00. The van der Waals surface area contributed by atoms with Gasteiger partial charge in [-0.25, -0.2) is 4.98 Å². The van der Waals surface area contributed by atoms with E-state index >= 15 is 0 Å². The Kier molecular flexibility index (Phi) is 6.60. The first-order valence-corrected chi connectivity index (χ1v) is 7.30. The van der Waals surface area contributed by atoms with Crippen LogP contribution in [0.4, 0.5) is 5.82 Å². The van der Waals surface area contributed by atoms with Crippen LogP contribution in [0.3, 0.4) is 0 Å². The lowest BCUT2D eigenvalue weighted by molar-refractivity contribution is 0.241. The highest BCUT2D eigenvalue weighted by Crippen LogP contribution is 2.22. The summed E-state index contributed by atoms with van der Waals surface area (Å²) in [5.74, 6) is 2.93. The minimum absolute atomic E-state index is 0.562. The molecule has 1 rings (SSSR count). The van der Waals surface area contributed by atoms with Crippen LogP contribution in [0.25, 0.3) is 0 Å². The molecule has 1 unspecified atom stereocenters. The SMILES string of the molecule is CCCNc1nc(C)nc(OCC(C)CCC)c1C. The van der Waals surface area contributed by atoms with Crippen LogP contribution in [0.1, 0.15) is 51.4 Å². The van der Waals surface area contributed by atoms with Gasteiger partial charge in [0.15, 0.2) is 0 Å². The number of nitrogens with zero attached hydrogens (tertiary/aromatic N) is 2. The third kappa shape index (κ3) is 5.05. The van der Waals surface area contributed by atoms with E-state index in [1.54, 1.807) is 0 Å². The Morgan fingerprint density at radius 3 is 2.53 bits per heavy atom. The fraction of sp³-hybridized carbons (Fsp3) is 0.733. The summed E-state index contributed by atoms with van der Waals surface area (Å²) in [6.07, 6.45) is 3.45. The zero-order chi connectivity index (χ0) is 14.3. The molecule has 0 aliphatic carbocycles. The number of anilines is 1. The maximum Gasteiger partial charge on any atom is 0.221 e. The highest BCUT2D eigenvalue weighted by atomic mass is 16.5. The fourth-order valence-electron chi connectivity index (χ4n) is 1.96. The second-order valence-electron chi connectivity index (χ2n) is 5.18. The Hall–Kier alpha value is -1.32. The zero-order valence-electron chi connectivity index (χ0n) is 12.9. The number of aromatic nitrogens is 2. The van der Waals surface area contributed by atoms with Crippen molar-refractivity contribution in [3.8, 4) is 5.88 Å². The second kappa shape index (κ2) is 7.97. The van der Waals surface area contributed by atoms with Gasteiger partial charge in [-0.3, -0.25) is 0 Å². The maximum atomic E-state index is 5.86. The molecule has 19 heavy (non-hydrogen) atoms. The van der Waals surface area contributed by atoms with Crippen LogP contribution in [0.2, 0.25) is 0 Å². The van der Waals surface area contributed by atoms with Gasteiger partial charge in [0, 0.05) is 6.54 Å². The minimum atomic E-state index is 0.562. The predicted octanol–water partition coefficient (Wildman–Crippen LogP) is 3.73. The van der Waals surface area contributed by atoms with E-state index < -0.39 is 0 Å². The fourth-order valence-corrected chi connectivity index (χ4v) is 1.96. The van der Waals surface area contributed by atoms with Crippen molar-refractivity contribution in [3.05, 3.63) is 11.4 Å². The van der Waals surface area contributed by atoms with Crippen LogP contribution in [-0.2, 0) is 0 Å². The second-order valence-corrected chi connectivity index (χ2v) is 5.18. The van der Waals surface area contributed by atoms with E-state index in [1.807, 2.05) is 13.8 Å². The predicted molar refractivity (Wildman–Crippen MR) is 79.9 cm³/mol. The van der Waals surface area contributed by atoms with Gasteiger partial charge in [-0.05, 0) is 32.6 Å². The molecule has 0 aliphatic heterocycles. The topological polar surface area (TPSA) is 47.0 Å². The van der Waals surface area contributed by atoms with Gasteiger partial charge in [0.25, 0.3) is 0 Å². The highest BCUT2D eigenvalue weighted by molar-refractivity contribution is 5.48. The van der Waals surface area contributed by atoms with Gasteiger partial charge in [0.1, 0.15) is 11.6 Å². The van der Waals surface area contributed by atoms with E-state index in [1.165, 1.54) is 12.8 Å². The summed E-state index contributed by atoms with van der Waals surface area (Å²) in [7, 11) is 0. The van der Waals surface area contributed by atoms with Crippen molar-refractivity contribution < 1.29 is 4.74 Å². The Balaban J connectivity index is 2.74. The van der Waals surface area contributed by atoms with Gasteiger partial charge in [0.2, 0.25) is 5.88 Å². The quantitative estimate of drug-likeness (QED) is 0.778. The molecule has 0 spiro atoms. The van der Waals surface area contributed by atoms with Crippen molar-refractivity contribution in [1.29, 1.82) is 0 Å². The van der Waals surface area contributed by atoms with Crippen LogP contribution < -0.4 is 10.1 Å². The Morgan fingerprint density at radius 1 is 1.16 bits per heavy atom. The van der Waals surface area contributed by atoms with Gasteiger partial charge in [-0.1, -0.05) is 27.2 Å². The molecule has 1 aromatic heterocycles. The zero-order valence-corrected chi connectivity index (χ0v) is 12.9. The Morgan fingerprint density at radius 2 is 1.89 bits per heavy atom. The van der Waals surface area contributed by atoms with Crippen molar-refractivity contribution in [1.82, 2.24) is 9.97 Å². The monoisotopic (exact) mass is 265 g/mol. The van der Waals surface area contributed by atoms with E-state index in [2.05, 4.69) is 36.1 Å². The molecule has 1 aromatic rings. The molecular formula is C15H27N3O. The van der Waals surface area contributed by atoms with Gasteiger partial charge >= 0.3 is 0 Å². The molecule has 1 atom stereocenters. The number of aryl methyl sites for hydroxylation is 1. The first-order chi connectivity index (χ1) is 9.08. The molecule has 4 nitrogen and oxygen atoms in total. The van der Waals surface area contributed by atoms with Crippen molar-refractivity contribution in [2.24, 2.45) is 5.92 Å². The highest BCUT2D eigenvalue weighted by Gasteiger charge is 2.11. The molecule has 1 heterocycles. The van der Waals surface area contributed by atoms with Crippen LogP contribution in [0.15, 0.2) is 0 Å². The summed E-state index contributed by atoms with van der Waals surface area (Å²) in [6, 6.07) is 0. The Labute approximate surface area is 117 Å². The van der Waals surface area contributed by atoms with Crippen molar-refractivity contribution in [2.45, 2.75) is 53.9 Å². The average Bonchev–Trinajstić information content (AvgIpc) is 2.38. The van der Waals surface area contributed by atoms with Gasteiger partial charge in [-0.2, -0.15) is 4.98 Å².